The van der Waals surface area contributed by atoms with Gasteiger partial charge in [-0.3, -0.25) is 4.79 Å². The van der Waals surface area contributed by atoms with Crippen LogP contribution >= 0.6 is 0 Å². The molecule has 0 aliphatic heterocycles. The lowest BCUT2D eigenvalue weighted by atomic mass is 10.1. The van der Waals surface area contributed by atoms with Crippen molar-refractivity contribution in [1.82, 2.24) is 0 Å². The number of Topliss-reactive ketones (excluding diaryl/α,β-unsaturated/α-hetero) is 1. The standard InChI is InChI=1S/C12H10F4O2/c13-11(14)12(15,16)18-9-3-1-2-8(6-9)10(17)7-4-5-7/h1-3,6-7,11H,4-5H2. The molecular formula is C12H10F4O2. The Morgan fingerprint density at radius 1 is 1.33 bits per heavy atom. The van der Waals surface area contributed by atoms with Crippen molar-refractivity contribution in [3.63, 3.8) is 0 Å². The van der Waals surface area contributed by atoms with Gasteiger partial charge >= 0.3 is 12.5 Å². The van der Waals surface area contributed by atoms with Crippen LogP contribution in [0.25, 0.3) is 0 Å². The molecule has 98 valence electrons. The molecule has 0 heterocycles. The zero-order valence-electron chi connectivity index (χ0n) is 9.21. The van der Waals surface area contributed by atoms with Gasteiger partial charge in [0.2, 0.25) is 0 Å². The van der Waals surface area contributed by atoms with Crippen molar-refractivity contribution in [1.29, 1.82) is 0 Å². The smallest absolute Gasteiger partial charge is 0.428 e. The summed E-state index contributed by atoms with van der Waals surface area (Å²) in [6.07, 6.45) is -6.92. The van der Waals surface area contributed by atoms with Gasteiger partial charge in [-0.15, -0.1) is 0 Å². The minimum absolute atomic E-state index is 0.0733. The molecule has 1 aromatic rings. The van der Waals surface area contributed by atoms with Crippen LogP contribution in [0.5, 0.6) is 5.75 Å². The second kappa shape index (κ2) is 4.59. The first-order valence-electron chi connectivity index (χ1n) is 5.39. The molecule has 0 amide bonds. The third-order valence-electron chi connectivity index (χ3n) is 2.57. The summed E-state index contributed by atoms with van der Waals surface area (Å²) in [5, 5.41) is 0. The van der Waals surface area contributed by atoms with E-state index < -0.39 is 18.3 Å². The molecule has 0 unspecified atom stereocenters. The number of ketones is 1. The summed E-state index contributed by atoms with van der Waals surface area (Å²) in [5.41, 5.74) is 0.208. The second-order valence-electron chi connectivity index (χ2n) is 4.13. The summed E-state index contributed by atoms with van der Waals surface area (Å²) >= 11 is 0. The molecule has 2 rings (SSSR count). The molecular weight excluding hydrogens is 252 g/mol. The van der Waals surface area contributed by atoms with Crippen LogP contribution in [0.2, 0.25) is 0 Å². The molecule has 1 aliphatic rings. The highest BCUT2D eigenvalue weighted by Crippen LogP contribution is 2.34. The van der Waals surface area contributed by atoms with E-state index in [1.54, 1.807) is 0 Å². The molecule has 1 aliphatic carbocycles. The summed E-state index contributed by atoms with van der Waals surface area (Å²) in [5.74, 6) is -0.677. The summed E-state index contributed by atoms with van der Waals surface area (Å²) in [4.78, 5) is 11.7. The largest absolute Gasteiger partial charge is 0.461 e. The van der Waals surface area contributed by atoms with Gasteiger partial charge in [0, 0.05) is 11.5 Å². The predicted octanol–water partition coefficient (Wildman–Crippen LogP) is 3.52. The molecule has 0 aromatic heterocycles. The number of ether oxygens (including phenoxy) is 1. The van der Waals surface area contributed by atoms with E-state index in [0.29, 0.717) is 0 Å². The van der Waals surface area contributed by atoms with Crippen molar-refractivity contribution in [2.24, 2.45) is 5.92 Å². The highest BCUT2D eigenvalue weighted by atomic mass is 19.3. The Morgan fingerprint density at radius 3 is 2.56 bits per heavy atom. The van der Waals surface area contributed by atoms with Gasteiger partial charge in [0.15, 0.2) is 5.78 Å². The SMILES string of the molecule is O=C(c1cccc(OC(F)(F)C(F)F)c1)C1CC1. The lowest BCUT2D eigenvalue weighted by Crippen LogP contribution is -2.33. The fourth-order valence-electron chi connectivity index (χ4n) is 1.50. The minimum Gasteiger partial charge on any atom is -0.428 e. The van der Waals surface area contributed by atoms with Gasteiger partial charge in [-0.05, 0) is 25.0 Å². The van der Waals surface area contributed by atoms with E-state index in [1.165, 1.54) is 12.1 Å². The Kier molecular flexibility index (Phi) is 3.28. The van der Waals surface area contributed by atoms with Gasteiger partial charge in [-0.25, -0.2) is 0 Å². The van der Waals surface area contributed by atoms with E-state index in [9.17, 15) is 22.4 Å². The molecule has 1 saturated carbocycles. The topological polar surface area (TPSA) is 26.3 Å². The summed E-state index contributed by atoms with van der Waals surface area (Å²) in [7, 11) is 0. The average molecular weight is 262 g/mol. The molecule has 18 heavy (non-hydrogen) atoms. The number of alkyl halides is 4. The quantitative estimate of drug-likeness (QED) is 0.599. The number of benzene rings is 1. The van der Waals surface area contributed by atoms with Crippen molar-refractivity contribution < 1.29 is 27.1 Å². The molecule has 0 radical (unpaired) electrons. The summed E-state index contributed by atoms with van der Waals surface area (Å²) < 4.78 is 53.2. The van der Waals surface area contributed by atoms with Crippen LogP contribution in [0.15, 0.2) is 24.3 Å². The van der Waals surface area contributed by atoms with E-state index >= 15 is 0 Å². The molecule has 0 N–H and O–H groups in total. The summed E-state index contributed by atoms with van der Waals surface area (Å²) in [6.45, 7) is 0. The normalized spacial score (nSPS) is 15.8. The van der Waals surface area contributed by atoms with Crippen LogP contribution in [0, 0.1) is 5.92 Å². The zero-order chi connectivity index (χ0) is 13.3. The second-order valence-corrected chi connectivity index (χ2v) is 4.13. The van der Waals surface area contributed by atoms with E-state index in [-0.39, 0.29) is 17.3 Å². The Balaban J connectivity index is 2.14. The van der Waals surface area contributed by atoms with E-state index in [1.807, 2.05) is 0 Å². The molecule has 1 aromatic carbocycles. The van der Waals surface area contributed by atoms with E-state index in [4.69, 9.17) is 0 Å². The number of halogens is 4. The maximum Gasteiger partial charge on any atom is 0.461 e. The highest BCUT2D eigenvalue weighted by molar-refractivity contribution is 5.99. The number of hydrogen-bond acceptors (Lipinski definition) is 2. The minimum atomic E-state index is -4.55. The zero-order valence-corrected chi connectivity index (χ0v) is 9.21. The molecule has 0 atom stereocenters. The fourth-order valence-corrected chi connectivity index (χ4v) is 1.50. The third-order valence-corrected chi connectivity index (χ3v) is 2.57. The molecule has 0 bridgehead atoms. The monoisotopic (exact) mass is 262 g/mol. The maximum absolute atomic E-state index is 12.7. The first kappa shape index (κ1) is 12.9. The molecule has 1 fully saturated rings. The van der Waals surface area contributed by atoms with Gasteiger partial charge < -0.3 is 4.74 Å². The Morgan fingerprint density at radius 2 is 2.00 bits per heavy atom. The fraction of sp³-hybridized carbons (Fsp3) is 0.417. The number of carbonyl (C=O) groups excluding carboxylic acids is 1. The van der Waals surface area contributed by atoms with Gasteiger partial charge in [-0.1, -0.05) is 12.1 Å². The van der Waals surface area contributed by atoms with Crippen molar-refractivity contribution in [3.8, 4) is 5.75 Å². The van der Waals surface area contributed by atoms with Crippen LogP contribution in [-0.4, -0.2) is 18.3 Å². The number of rotatable bonds is 5. The van der Waals surface area contributed by atoms with Gasteiger partial charge in [0.1, 0.15) is 5.75 Å². The first-order valence-corrected chi connectivity index (χ1v) is 5.39. The molecule has 2 nitrogen and oxygen atoms in total. The third kappa shape index (κ3) is 2.80. The molecule has 0 saturated heterocycles. The lowest BCUT2D eigenvalue weighted by Gasteiger charge is -2.17. The van der Waals surface area contributed by atoms with Crippen molar-refractivity contribution in [2.45, 2.75) is 25.4 Å². The van der Waals surface area contributed by atoms with E-state index in [0.717, 1.165) is 25.0 Å². The highest BCUT2D eigenvalue weighted by Gasteiger charge is 2.44. The Labute approximate surface area is 101 Å². The Hall–Kier alpha value is -1.59. The average Bonchev–Trinajstić information content (AvgIpc) is 3.11. The molecule has 6 heteroatoms. The van der Waals surface area contributed by atoms with Crippen LogP contribution in [-0.2, 0) is 0 Å². The van der Waals surface area contributed by atoms with Gasteiger partial charge in [-0.2, -0.15) is 17.6 Å². The van der Waals surface area contributed by atoms with Gasteiger partial charge in [0.05, 0.1) is 0 Å². The van der Waals surface area contributed by atoms with Crippen LogP contribution < -0.4 is 4.74 Å². The predicted molar refractivity (Wildman–Crippen MR) is 55.1 cm³/mol. The van der Waals surface area contributed by atoms with Crippen molar-refractivity contribution in [2.75, 3.05) is 0 Å². The Bertz CT molecular complexity index is 455. The van der Waals surface area contributed by atoms with Crippen LogP contribution in [0.1, 0.15) is 23.2 Å². The van der Waals surface area contributed by atoms with Crippen LogP contribution in [0.3, 0.4) is 0 Å². The van der Waals surface area contributed by atoms with Crippen LogP contribution in [0.4, 0.5) is 17.6 Å². The van der Waals surface area contributed by atoms with E-state index in [2.05, 4.69) is 4.74 Å². The van der Waals surface area contributed by atoms with Gasteiger partial charge in [0.25, 0.3) is 0 Å². The lowest BCUT2D eigenvalue weighted by molar-refractivity contribution is -0.253. The number of hydrogen-bond donors (Lipinski definition) is 0. The molecule has 0 spiro atoms. The van der Waals surface area contributed by atoms with Crippen molar-refractivity contribution >= 4 is 5.78 Å². The summed E-state index contributed by atoms with van der Waals surface area (Å²) in [6, 6.07) is 4.96. The first-order chi connectivity index (χ1) is 8.40. The number of carbonyl (C=O) groups is 1. The van der Waals surface area contributed by atoms with Crippen molar-refractivity contribution in [3.05, 3.63) is 29.8 Å². The maximum atomic E-state index is 12.7.